The zero-order valence-electron chi connectivity index (χ0n) is 26.0. The third-order valence-corrected chi connectivity index (χ3v) is 7.01. The highest BCUT2D eigenvalue weighted by molar-refractivity contribution is 5.69. The Bertz CT molecular complexity index is 674. The van der Waals surface area contributed by atoms with Crippen LogP contribution in [0.25, 0.3) is 0 Å². The van der Waals surface area contributed by atoms with Crippen LogP contribution >= 0.6 is 0 Å². The second-order valence-corrected chi connectivity index (χ2v) is 10.9. The van der Waals surface area contributed by atoms with Crippen molar-refractivity contribution in [2.75, 3.05) is 6.61 Å². The maximum atomic E-state index is 11.9. The summed E-state index contributed by atoms with van der Waals surface area (Å²) in [7, 11) is 0. The quantitative estimate of drug-likeness (QED) is 0.0541. The number of rotatable bonds is 30. The SMILES string of the molecule is CCCCC/C=C/C/C=C/C/C=C/C/C=C/CCCC(=O)OCCCCCCCCCCCCCCCC(=O)O. The number of esters is 1. The van der Waals surface area contributed by atoms with Gasteiger partial charge in [-0.3, -0.25) is 9.59 Å². The highest BCUT2D eigenvalue weighted by atomic mass is 16.5. The molecule has 0 saturated heterocycles. The van der Waals surface area contributed by atoms with E-state index in [1.54, 1.807) is 0 Å². The summed E-state index contributed by atoms with van der Waals surface area (Å²) in [6, 6.07) is 0. The van der Waals surface area contributed by atoms with Crippen LogP contribution in [-0.2, 0) is 14.3 Å². The topological polar surface area (TPSA) is 63.6 Å². The lowest BCUT2D eigenvalue weighted by Crippen LogP contribution is -2.05. The van der Waals surface area contributed by atoms with Gasteiger partial charge >= 0.3 is 11.9 Å². The number of carbonyl (C=O) groups excluding carboxylic acids is 1. The number of aliphatic carboxylic acids is 1. The summed E-state index contributed by atoms with van der Waals surface area (Å²) >= 11 is 0. The molecule has 0 bridgehead atoms. The molecule has 4 heteroatoms. The Morgan fingerprint density at radius 1 is 0.500 bits per heavy atom. The van der Waals surface area contributed by atoms with Crippen molar-refractivity contribution in [1.29, 1.82) is 0 Å². The van der Waals surface area contributed by atoms with Gasteiger partial charge in [0.25, 0.3) is 0 Å². The van der Waals surface area contributed by atoms with Crippen molar-refractivity contribution >= 4 is 11.9 Å². The van der Waals surface area contributed by atoms with Crippen molar-refractivity contribution in [1.82, 2.24) is 0 Å². The number of carbonyl (C=O) groups is 2. The van der Waals surface area contributed by atoms with Crippen molar-refractivity contribution in [2.24, 2.45) is 0 Å². The lowest BCUT2D eigenvalue weighted by molar-refractivity contribution is -0.144. The van der Waals surface area contributed by atoms with Gasteiger partial charge in [0.15, 0.2) is 0 Å². The Balaban J connectivity index is 3.35. The van der Waals surface area contributed by atoms with Crippen LogP contribution in [0.15, 0.2) is 48.6 Å². The average Bonchev–Trinajstić information content (AvgIpc) is 2.94. The van der Waals surface area contributed by atoms with Gasteiger partial charge in [-0.1, -0.05) is 139 Å². The lowest BCUT2D eigenvalue weighted by atomic mass is 10.0. The Labute approximate surface area is 247 Å². The maximum Gasteiger partial charge on any atom is 0.305 e. The molecule has 0 atom stereocenters. The van der Waals surface area contributed by atoms with Crippen LogP contribution in [0.1, 0.15) is 161 Å². The van der Waals surface area contributed by atoms with E-state index in [0.717, 1.165) is 57.8 Å². The second kappa shape index (κ2) is 33.1. The fraction of sp³-hybridized carbons (Fsp3) is 0.722. The van der Waals surface area contributed by atoms with E-state index in [0.29, 0.717) is 19.4 Å². The van der Waals surface area contributed by atoms with E-state index >= 15 is 0 Å². The number of hydrogen-bond acceptors (Lipinski definition) is 3. The Morgan fingerprint density at radius 2 is 0.925 bits per heavy atom. The highest BCUT2D eigenvalue weighted by Gasteiger charge is 2.01. The number of hydrogen-bond donors (Lipinski definition) is 1. The van der Waals surface area contributed by atoms with Gasteiger partial charge in [0.05, 0.1) is 6.61 Å². The minimum Gasteiger partial charge on any atom is -0.481 e. The molecule has 1 N–H and O–H groups in total. The molecule has 4 nitrogen and oxygen atoms in total. The fourth-order valence-corrected chi connectivity index (χ4v) is 4.51. The summed E-state index contributed by atoms with van der Waals surface area (Å²) in [5.74, 6) is -0.733. The van der Waals surface area contributed by atoms with E-state index in [4.69, 9.17) is 9.84 Å². The largest absolute Gasteiger partial charge is 0.481 e. The second-order valence-electron chi connectivity index (χ2n) is 10.9. The zero-order chi connectivity index (χ0) is 29.2. The van der Waals surface area contributed by atoms with Crippen LogP contribution in [0.2, 0.25) is 0 Å². The summed E-state index contributed by atoms with van der Waals surface area (Å²) in [5, 5.41) is 8.62. The van der Waals surface area contributed by atoms with E-state index in [1.165, 1.54) is 83.5 Å². The summed E-state index contributed by atoms with van der Waals surface area (Å²) in [4.78, 5) is 22.3. The molecule has 0 rings (SSSR count). The first kappa shape index (κ1) is 37.9. The Morgan fingerprint density at radius 3 is 1.40 bits per heavy atom. The van der Waals surface area contributed by atoms with Crippen LogP contribution in [0.4, 0.5) is 0 Å². The standard InChI is InChI=1S/C36H62O4/c1-2-3-4-5-6-7-8-9-10-11-12-15-18-21-24-27-30-33-36(39)40-34-31-28-25-22-19-16-13-14-17-20-23-26-29-32-35(37)38/h6-7,9-10,12,15,21,24H,2-5,8,11,13-14,16-20,22-23,25-34H2,1H3,(H,37,38)/b7-6+,10-9+,15-12+,24-21+. The van der Waals surface area contributed by atoms with E-state index in [9.17, 15) is 9.59 Å². The van der Waals surface area contributed by atoms with E-state index in [2.05, 4.69) is 55.5 Å². The van der Waals surface area contributed by atoms with Crippen molar-refractivity contribution in [3.8, 4) is 0 Å². The molecule has 230 valence electrons. The molecule has 0 radical (unpaired) electrons. The molecule has 0 aromatic heterocycles. The minimum absolute atomic E-state index is 0.0576. The molecule has 0 fully saturated rings. The van der Waals surface area contributed by atoms with Crippen molar-refractivity contribution < 1.29 is 19.4 Å². The molecule has 0 aliphatic carbocycles. The minimum atomic E-state index is -0.675. The van der Waals surface area contributed by atoms with Gasteiger partial charge < -0.3 is 9.84 Å². The number of unbranched alkanes of at least 4 members (excludes halogenated alkanes) is 16. The van der Waals surface area contributed by atoms with Gasteiger partial charge in [-0.05, 0) is 57.8 Å². The average molecular weight is 559 g/mol. The van der Waals surface area contributed by atoms with Gasteiger partial charge in [0.2, 0.25) is 0 Å². The monoisotopic (exact) mass is 558 g/mol. The molecule has 0 aliphatic rings. The molecule has 0 saturated carbocycles. The van der Waals surface area contributed by atoms with E-state index in [-0.39, 0.29) is 5.97 Å². The molecule has 0 aromatic rings. The van der Waals surface area contributed by atoms with Crippen LogP contribution in [0.3, 0.4) is 0 Å². The number of carboxylic acid groups (broad SMARTS) is 1. The van der Waals surface area contributed by atoms with Gasteiger partial charge in [-0.2, -0.15) is 0 Å². The predicted molar refractivity (Wildman–Crippen MR) is 172 cm³/mol. The normalized spacial score (nSPS) is 12.0. The van der Waals surface area contributed by atoms with Gasteiger partial charge in [0, 0.05) is 12.8 Å². The summed E-state index contributed by atoms with van der Waals surface area (Å²) < 4.78 is 5.38. The molecule has 0 heterocycles. The summed E-state index contributed by atoms with van der Waals surface area (Å²) in [5.41, 5.74) is 0. The van der Waals surface area contributed by atoms with Crippen LogP contribution in [-0.4, -0.2) is 23.7 Å². The number of ether oxygens (including phenoxy) is 1. The third kappa shape index (κ3) is 33.9. The molecule has 40 heavy (non-hydrogen) atoms. The molecule has 0 aromatic carbocycles. The molecule has 0 aliphatic heterocycles. The summed E-state index contributed by atoms with van der Waals surface area (Å²) in [6.45, 7) is 2.81. The number of allylic oxidation sites excluding steroid dienone is 8. The van der Waals surface area contributed by atoms with Crippen LogP contribution in [0, 0.1) is 0 Å². The Kier molecular flexibility index (Phi) is 31.4. The summed E-state index contributed by atoms with van der Waals surface area (Å²) in [6.07, 6.45) is 43.9. The lowest BCUT2D eigenvalue weighted by Gasteiger charge is -2.05. The van der Waals surface area contributed by atoms with Gasteiger partial charge in [-0.25, -0.2) is 0 Å². The van der Waals surface area contributed by atoms with Crippen molar-refractivity contribution in [3.05, 3.63) is 48.6 Å². The molecule has 0 amide bonds. The van der Waals surface area contributed by atoms with Crippen LogP contribution in [0.5, 0.6) is 0 Å². The number of carboxylic acids is 1. The fourth-order valence-electron chi connectivity index (χ4n) is 4.51. The van der Waals surface area contributed by atoms with Crippen LogP contribution < -0.4 is 0 Å². The molecular weight excluding hydrogens is 496 g/mol. The highest BCUT2D eigenvalue weighted by Crippen LogP contribution is 2.13. The van der Waals surface area contributed by atoms with E-state index in [1.807, 2.05) is 0 Å². The van der Waals surface area contributed by atoms with E-state index < -0.39 is 5.97 Å². The smallest absolute Gasteiger partial charge is 0.305 e. The Hall–Kier alpha value is -2.10. The predicted octanol–water partition coefficient (Wildman–Crippen LogP) is 11.2. The first-order valence-electron chi connectivity index (χ1n) is 16.6. The maximum absolute atomic E-state index is 11.9. The zero-order valence-corrected chi connectivity index (χ0v) is 26.0. The first-order chi connectivity index (χ1) is 19.7. The van der Waals surface area contributed by atoms with Gasteiger partial charge in [0.1, 0.15) is 0 Å². The van der Waals surface area contributed by atoms with Crippen molar-refractivity contribution in [3.63, 3.8) is 0 Å². The molecule has 0 spiro atoms. The van der Waals surface area contributed by atoms with Gasteiger partial charge in [-0.15, -0.1) is 0 Å². The first-order valence-corrected chi connectivity index (χ1v) is 16.6. The molecule has 0 unspecified atom stereocenters. The third-order valence-electron chi connectivity index (χ3n) is 7.01. The van der Waals surface area contributed by atoms with Crippen molar-refractivity contribution in [2.45, 2.75) is 161 Å². The molecular formula is C36H62O4.